The van der Waals surface area contributed by atoms with Crippen LogP contribution >= 0.6 is 0 Å². The zero-order valence-corrected chi connectivity index (χ0v) is 11.0. The number of carbonyl (C=O) groups excluding carboxylic acids is 2. The second-order valence-electron chi connectivity index (χ2n) is 4.82. The molecule has 1 N–H and O–H groups in total. The fourth-order valence-corrected chi connectivity index (χ4v) is 2.36. The molecule has 1 aliphatic heterocycles. The van der Waals surface area contributed by atoms with E-state index in [1.807, 2.05) is 18.2 Å². The molecule has 0 aliphatic carbocycles. The Hall–Kier alpha value is -1.68. The molecule has 4 nitrogen and oxygen atoms in total. The molecule has 0 atom stereocenters. The first kappa shape index (κ1) is 13.7. The maximum absolute atomic E-state index is 12.2. The minimum Gasteiger partial charge on any atom is -0.396 e. The van der Waals surface area contributed by atoms with Gasteiger partial charge in [-0.25, -0.2) is 0 Å². The van der Waals surface area contributed by atoms with E-state index in [0.29, 0.717) is 18.5 Å². The van der Waals surface area contributed by atoms with E-state index < -0.39 is 0 Å². The van der Waals surface area contributed by atoms with Crippen molar-refractivity contribution < 1.29 is 14.7 Å². The molecule has 1 aliphatic rings. The molecular weight excluding hydrogens is 242 g/mol. The number of aliphatic hydroxyl groups is 1. The number of nitrogens with zero attached hydrogens (tertiary/aromatic N) is 1. The first-order valence-electron chi connectivity index (χ1n) is 6.77. The molecule has 0 aromatic heterocycles. The molecule has 0 bridgehead atoms. The summed E-state index contributed by atoms with van der Waals surface area (Å²) in [4.78, 5) is 25.5. The second-order valence-corrected chi connectivity index (χ2v) is 4.82. The van der Waals surface area contributed by atoms with Gasteiger partial charge in [0.2, 0.25) is 5.91 Å². The van der Waals surface area contributed by atoms with Crippen LogP contribution in [-0.2, 0) is 11.2 Å². The van der Waals surface area contributed by atoms with Crippen LogP contribution in [0.2, 0.25) is 0 Å². The Bertz CT molecular complexity index is 470. The third kappa shape index (κ3) is 3.20. The molecule has 1 aromatic rings. The van der Waals surface area contributed by atoms with Crippen LogP contribution in [0.25, 0.3) is 0 Å². The van der Waals surface area contributed by atoms with Crippen LogP contribution in [0.4, 0.5) is 0 Å². The monoisotopic (exact) mass is 261 g/mol. The molecule has 4 heteroatoms. The quantitative estimate of drug-likeness (QED) is 0.627. The van der Waals surface area contributed by atoms with E-state index in [0.717, 1.165) is 31.2 Å². The molecule has 0 spiro atoms. The maximum Gasteiger partial charge on any atom is 0.260 e. The first-order valence-corrected chi connectivity index (χ1v) is 6.77. The van der Waals surface area contributed by atoms with Crippen LogP contribution in [0.3, 0.4) is 0 Å². The van der Waals surface area contributed by atoms with Crippen molar-refractivity contribution in [3.8, 4) is 0 Å². The number of imide groups is 1. The summed E-state index contributed by atoms with van der Waals surface area (Å²) >= 11 is 0. The number of aliphatic hydroxyl groups excluding tert-OH is 1. The van der Waals surface area contributed by atoms with Gasteiger partial charge in [0.05, 0.1) is 6.42 Å². The number of hydrogen-bond acceptors (Lipinski definition) is 3. The standard InChI is InChI=1S/C15H19NO3/c17-10-6-2-1-5-9-16-14(18)11-12-7-3-4-8-13(12)15(16)19/h3-4,7-8,17H,1-2,5-6,9-11H2. The van der Waals surface area contributed by atoms with Gasteiger partial charge in [-0.3, -0.25) is 14.5 Å². The Morgan fingerprint density at radius 3 is 2.58 bits per heavy atom. The predicted molar refractivity (Wildman–Crippen MR) is 71.7 cm³/mol. The lowest BCUT2D eigenvalue weighted by Crippen LogP contribution is -2.42. The van der Waals surface area contributed by atoms with Crippen LogP contribution in [0.5, 0.6) is 0 Å². The highest BCUT2D eigenvalue weighted by molar-refractivity contribution is 6.09. The summed E-state index contributed by atoms with van der Waals surface area (Å²) in [6.07, 6.45) is 3.77. The summed E-state index contributed by atoms with van der Waals surface area (Å²) < 4.78 is 0. The number of benzene rings is 1. The zero-order chi connectivity index (χ0) is 13.7. The smallest absolute Gasteiger partial charge is 0.260 e. The van der Waals surface area contributed by atoms with Crippen molar-refractivity contribution in [3.63, 3.8) is 0 Å². The molecule has 102 valence electrons. The van der Waals surface area contributed by atoms with Gasteiger partial charge in [-0.15, -0.1) is 0 Å². The highest BCUT2D eigenvalue weighted by Crippen LogP contribution is 2.20. The van der Waals surface area contributed by atoms with Gasteiger partial charge >= 0.3 is 0 Å². The number of unbranched alkanes of at least 4 members (excludes halogenated alkanes) is 3. The van der Waals surface area contributed by atoms with Crippen molar-refractivity contribution in [1.82, 2.24) is 4.90 Å². The normalized spacial score (nSPS) is 14.7. The highest BCUT2D eigenvalue weighted by atomic mass is 16.3. The Morgan fingerprint density at radius 1 is 1.05 bits per heavy atom. The van der Waals surface area contributed by atoms with Crippen molar-refractivity contribution in [3.05, 3.63) is 35.4 Å². The van der Waals surface area contributed by atoms with Gasteiger partial charge in [0.15, 0.2) is 0 Å². The number of amides is 2. The van der Waals surface area contributed by atoms with Crippen molar-refractivity contribution in [2.75, 3.05) is 13.2 Å². The van der Waals surface area contributed by atoms with Gasteiger partial charge in [0.25, 0.3) is 5.91 Å². The van der Waals surface area contributed by atoms with Crippen molar-refractivity contribution in [1.29, 1.82) is 0 Å². The Kier molecular flexibility index (Phi) is 4.68. The largest absolute Gasteiger partial charge is 0.396 e. The van der Waals surface area contributed by atoms with E-state index in [1.165, 1.54) is 4.90 Å². The van der Waals surface area contributed by atoms with Crippen molar-refractivity contribution in [2.45, 2.75) is 32.1 Å². The van der Waals surface area contributed by atoms with Gasteiger partial charge in [-0.1, -0.05) is 31.0 Å². The van der Waals surface area contributed by atoms with Crippen LogP contribution in [-0.4, -0.2) is 35.0 Å². The summed E-state index contributed by atoms with van der Waals surface area (Å²) in [5.74, 6) is -0.278. The third-order valence-corrected chi connectivity index (χ3v) is 3.43. The highest BCUT2D eigenvalue weighted by Gasteiger charge is 2.29. The molecule has 0 fully saturated rings. The number of fused-ring (bicyclic) bond motifs is 1. The number of carbonyl (C=O) groups is 2. The Labute approximate surface area is 113 Å². The predicted octanol–water partition coefficient (Wildman–Crippen LogP) is 1.76. The molecule has 1 aromatic carbocycles. The molecule has 0 radical (unpaired) electrons. The summed E-state index contributed by atoms with van der Waals surface area (Å²) in [6, 6.07) is 7.29. The van der Waals surface area contributed by atoms with Crippen LogP contribution in [0.15, 0.2) is 24.3 Å². The second kappa shape index (κ2) is 6.48. The lowest BCUT2D eigenvalue weighted by molar-refractivity contribution is -0.128. The summed E-state index contributed by atoms with van der Waals surface area (Å²) in [6.45, 7) is 0.687. The van der Waals surface area contributed by atoms with Crippen LogP contribution < -0.4 is 0 Å². The fraction of sp³-hybridized carbons (Fsp3) is 0.467. The molecular formula is C15H19NO3. The van der Waals surface area contributed by atoms with E-state index in [-0.39, 0.29) is 18.4 Å². The average molecular weight is 261 g/mol. The van der Waals surface area contributed by atoms with Crippen molar-refractivity contribution >= 4 is 11.8 Å². The van der Waals surface area contributed by atoms with Gasteiger partial charge in [-0.05, 0) is 24.5 Å². The SMILES string of the molecule is O=C1Cc2ccccc2C(=O)N1CCCCCCO. The molecule has 19 heavy (non-hydrogen) atoms. The number of hydrogen-bond donors (Lipinski definition) is 1. The fourth-order valence-electron chi connectivity index (χ4n) is 2.36. The lowest BCUT2D eigenvalue weighted by Gasteiger charge is -2.26. The maximum atomic E-state index is 12.2. The Balaban J connectivity index is 1.95. The van der Waals surface area contributed by atoms with Crippen LogP contribution in [0.1, 0.15) is 41.6 Å². The Morgan fingerprint density at radius 2 is 1.79 bits per heavy atom. The van der Waals surface area contributed by atoms with E-state index in [9.17, 15) is 9.59 Å². The van der Waals surface area contributed by atoms with E-state index in [2.05, 4.69) is 0 Å². The van der Waals surface area contributed by atoms with Gasteiger partial charge in [-0.2, -0.15) is 0 Å². The third-order valence-electron chi connectivity index (χ3n) is 3.43. The molecule has 0 saturated carbocycles. The number of rotatable bonds is 6. The summed E-state index contributed by atoms with van der Waals surface area (Å²) in [5.41, 5.74) is 1.48. The van der Waals surface area contributed by atoms with Gasteiger partial charge < -0.3 is 5.11 Å². The van der Waals surface area contributed by atoms with E-state index in [4.69, 9.17) is 5.11 Å². The summed E-state index contributed by atoms with van der Waals surface area (Å²) in [5, 5.41) is 8.69. The van der Waals surface area contributed by atoms with E-state index >= 15 is 0 Å². The van der Waals surface area contributed by atoms with E-state index in [1.54, 1.807) is 6.07 Å². The molecule has 0 saturated heterocycles. The van der Waals surface area contributed by atoms with Gasteiger partial charge in [0.1, 0.15) is 0 Å². The zero-order valence-electron chi connectivity index (χ0n) is 11.0. The molecule has 1 heterocycles. The lowest BCUT2D eigenvalue weighted by atomic mass is 9.98. The molecule has 2 amide bonds. The molecule has 2 rings (SSSR count). The minimum atomic E-state index is -0.172. The van der Waals surface area contributed by atoms with Crippen LogP contribution in [0, 0.1) is 0 Å². The first-order chi connectivity index (χ1) is 9.24. The average Bonchev–Trinajstić information content (AvgIpc) is 2.42. The topological polar surface area (TPSA) is 57.6 Å². The summed E-state index contributed by atoms with van der Waals surface area (Å²) in [7, 11) is 0. The van der Waals surface area contributed by atoms with Gasteiger partial charge in [0, 0.05) is 18.7 Å². The minimum absolute atomic E-state index is 0.106. The molecule has 0 unspecified atom stereocenters. The van der Waals surface area contributed by atoms with Crippen molar-refractivity contribution in [2.24, 2.45) is 0 Å².